The molecule has 1 saturated heterocycles. The first kappa shape index (κ1) is 25.4. The number of carbonyl (C=O) groups excluding carboxylic acids is 2. The molecule has 1 aliphatic rings. The van der Waals surface area contributed by atoms with E-state index in [1.54, 1.807) is 43.3 Å². The average molecular weight is 528 g/mol. The van der Waals surface area contributed by atoms with Crippen LogP contribution in [-0.2, 0) is 9.59 Å². The van der Waals surface area contributed by atoms with Crippen LogP contribution in [0.1, 0.15) is 31.0 Å². The number of rotatable bonds is 7. The number of aromatic hydroxyl groups is 1. The van der Waals surface area contributed by atoms with E-state index in [9.17, 15) is 19.8 Å². The Hall–Kier alpha value is -3.68. The van der Waals surface area contributed by atoms with Crippen LogP contribution in [0.2, 0.25) is 10.0 Å². The van der Waals surface area contributed by atoms with Crippen molar-refractivity contribution in [3.63, 3.8) is 0 Å². The van der Waals surface area contributed by atoms with Crippen LogP contribution in [0.15, 0.2) is 66.2 Å². The number of nitrogens with zero attached hydrogens (tertiary/aromatic N) is 1. The van der Waals surface area contributed by atoms with Gasteiger partial charge in [-0.1, -0.05) is 29.3 Å². The largest absolute Gasteiger partial charge is 0.507 e. The summed E-state index contributed by atoms with van der Waals surface area (Å²) in [7, 11) is 0. The number of amides is 1. The normalized spacial score (nSPS) is 16.9. The number of phenolic OH excluding ortho intramolecular Hbond substituents is 1. The Balaban J connectivity index is 1.93. The number of phenols is 1. The van der Waals surface area contributed by atoms with E-state index in [1.165, 1.54) is 29.2 Å². The summed E-state index contributed by atoms with van der Waals surface area (Å²) in [6, 6.07) is 14.6. The molecule has 9 heteroatoms. The first-order valence-electron chi connectivity index (χ1n) is 11.2. The quantitative estimate of drug-likeness (QED) is 0.218. The van der Waals surface area contributed by atoms with Gasteiger partial charge in [0.2, 0.25) is 0 Å². The van der Waals surface area contributed by atoms with Gasteiger partial charge in [0.05, 0.1) is 34.9 Å². The summed E-state index contributed by atoms with van der Waals surface area (Å²) in [5.74, 6) is -1.41. The molecule has 1 amide bonds. The molecular weight excluding hydrogens is 505 g/mol. The third kappa shape index (κ3) is 4.72. The predicted molar refractivity (Wildman–Crippen MR) is 138 cm³/mol. The zero-order valence-electron chi connectivity index (χ0n) is 19.5. The Kier molecular flexibility index (Phi) is 7.43. The van der Waals surface area contributed by atoms with E-state index >= 15 is 0 Å². The van der Waals surface area contributed by atoms with E-state index in [0.717, 1.165) is 0 Å². The molecule has 1 heterocycles. The third-order valence-electron chi connectivity index (χ3n) is 5.66. The lowest BCUT2D eigenvalue weighted by Crippen LogP contribution is -2.29. The second-order valence-electron chi connectivity index (χ2n) is 7.89. The number of halogens is 2. The first-order valence-corrected chi connectivity index (χ1v) is 12.0. The van der Waals surface area contributed by atoms with Crippen molar-refractivity contribution >= 4 is 46.3 Å². The molecule has 0 saturated carbocycles. The third-order valence-corrected chi connectivity index (χ3v) is 6.40. The molecule has 0 spiro atoms. The number of hydrogen-bond acceptors (Lipinski definition) is 6. The van der Waals surface area contributed by atoms with Gasteiger partial charge in [0.15, 0.2) is 11.5 Å². The number of carbonyl (C=O) groups is 2. The van der Waals surface area contributed by atoms with Crippen LogP contribution in [0.5, 0.6) is 17.2 Å². The lowest BCUT2D eigenvalue weighted by atomic mass is 9.94. The molecule has 2 N–H and O–H groups in total. The number of benzene rings is 3. The van der Waals surface area contributed by atoms with Gasteiger partial charge in [-0.05, 0) is 74.0 Å². The Morgan fingerprint density at radius 2 is 1.61 bits per heavy atom. The van der Waals surface area contributed by atoms with Gasteiger partial charge in [-0.3, -0.25) is 14.5 Å². The van der Waals surface area contributed by atoms with Crippen molar-refractivity contribution < 1.29 is 29.3 Å². The zero-order chi connectivity index (χ0) is 26.0. The van der Waals surface area contributed by atoms with Crippen molar-refractivity contribution in [1.82, 2.24) is 0 Å². The smallest absolute Gasteiger partial charge is 0.300 e. The van der Waals surface area contributed by atoms with E-state index in [1.807, 2.05) is 6.92 Å². The van der Waals surface area contributed by atoms with Gasteiger partial charge in [-0.15, -0.1) is 0 Å². The van der Waals surface area contributed by atoms with E-state index in [0.29, 0.717) is 30.2 Å². The average Bonchev–Trinajstić information content (AvgIpc) is 3.13. The van der Waals surface area contributed by atoms with Gasteiger partial charge in [0.25, 0.3) is 11.7 Å². The number of aliphatic hydroxyl groups excluding tert-OH is 1. The van der Waals surface area contributed by atoms with Gasteiger partial charge in [0, 0.05) is 11.3 Å². The van der Waals surface area contributed by atoms with Crippen molar-refractivity contribution in [3.8, 4) is 17.2 Å². The number of ether oxygens (including phenoxy) is 2. The van der Waals surface area contributed by atoms with Gasteiger partial charge in [0.1, 0.15) is 11.5 Å². The topological polar surface area (TPSA) is 96.3 Å². The Labute approximate surface area is 218 Å². The van der Waals surface area contributed by atoms with Crippen molar-refractivity contribution in [3.05, 3.63) is 87.4 Å². The predicted octanol–water partition coefficient (Wildman–Crippen LogP) is 6.12. The summed E-state index contributed by atoms with van der Waals surface area (Å²) in [5, 5.41) is 21.9. The van der Waals surface area contributed by atoms with Crippen LogP contribution < -0.4 is 14.4 Å². The first-order chi connectivity index (χ1) is 17.3. The lowest BCUT2D eigenvalue weighted by molar-refractivity contribution is -0.132. The second kappa shape index (κ2) is 10.5. The molecule has 1 unspecified atom stereocenters. The summed E-state index contributed by atoms with van der Waals surface area (Å²) >= 11 is 12.2. The molecule has 0 aliphatic carbocycles. The summed E-state index contributed by atoms with van der Waals surface area (Å²) in [6.07, 6.45) is 0. The van der Waals surface area contributed by atoms with E-state index in [-0.39, 0.29) is 32.7 Å². The zero-order valence-corrected chi connectivity index (χ0v) is 21.0. The molecule has 3 aromatic rings. The molecule has 4 rings (SSSR count). The maximum Gasteiger partial charge on any atom is 0.300 e. The second-order valence-corrected chi connectivity index (χ2v) is 8.70. The highest BCUT2D eigenvalue weighted by Gasteiger charge is 2.47. The van der Waals surface area contributed by atoms with E-state index in [2.05, 4.69) is 0 Å². The number of hydrogen-bond donors (Lipinski definition) is 2. The minimum atomic E-state index is -1.02. The molecule has 0 bridgehead atoms. The fraction of sp³-hybridized carbons (Fsp3) is 0.185. The molecule has 3 aromatic carbocycles. The number of ketones is 1. The van der Waals surface area contributed by atoms with Crippen LogP contribution in [0, 0.1) is 0 Å². The molecule has 1 aliphatic heterocycles. The van der Waals surface area contributed by atoms with Gasteiger partial charge >= 0.3 is 0 Å². The molecular formula is C27H23Cl2NO6. The molecule has 1 fully saturated rings. The molecule has 0 aromatic heterocycles. The summed E-state index contributed by atoms with van der Waals surface area (Å²) in [6.45, 7) is 4.39. The van der Waals surface area contributed by atoms with Crippen LogP contribution in [-0.4, -0.2) is 35.1 Å². The van der Waals surface area contributed by atoms with Crippen LogP contribution in [0.3, 0.4) is 0 Å². The molecule has 7 nitrogen and oxygen atoms in total. The molecule has 0 radical (unpaired) electrons. The maximum absolute atomic E-state index is 13.3. The Bertz CT molecular complexity index is 1350. The Morgan fingerprint density at radius 3 is 2.25 bits per heavy atom. The number of anilines is 1. The summed E-state index contributed by atoms with van der Waals surface area (Å²) in [5.41, 5.74) is 0.957. The summed E-state index contributed by atoms with van der Waals surface area (Å²) in [4.78, 5) is 27.9. The fourth-order valence-corrected chi connectivity index (χ4v) is 4.35. The lowest BCUT2D eigenvalue weighted by Gasteiger charge is -2.26. The molecule has 1 atom stereocenters. The van der Waals surface area contributed by atoms with E-state index in [4.69, 9.17) is 32.7 Å². The molecule has 186 valence electrons. The minimum Gasteiger partial charge on any atom is -0.507 e. The van der Waals surface area contributed by atoms with Crippen LogP contribution >= 0.6 is 23.2 Å². The van der Waals surface area contributed by atoms with Crippen molar-refractivity contribution in [2.45, 2.75) is 19.9 Å². The van der Waals surface area contributed by atoms with E-state index < -0.39 is 23.5 Å². The fourth-order valence-electron chi connectivity index (χ4n) is 4.05. The number of aliphatic hydroxyl groups is 1. The molecule has 36 heavy (non-hydrogen) atoms. The SMILES string of the molecule is CCOc1ccc(N2C(=O)C(=O)/C(=C(\O)c3ccc(Cl)c(Cl)c3)C2c2ccc(O)c(OCC)c2)cc1. The van der Waals surface area contributed by atoms with Crippen LogP contribution in [0.25, 0.3) is 5.76 Å². The summed E-state index contributed by atoms with van der Waals surface area (Å²) < 4.78 is 11.0. The maximum atomic E-state index is 13.3. The monoisotopic (exact) mass is 527 g/mol. The highest BCUT2D eigenvalue weighted by molar-refractivity contribution is 6.51. The Morgan fingerprint density at radius 1 is 0.917 bits per heavy atom. The standard InChI is InChI=1S/C27H23Cl2NO6/c1-3-35-18-9-7-17(8-10-18)30-24(15-6-12-21(31)22(14-15)36-4-2)23(26(33)27(30)34)25(32)16-5-11-19(28)20(29)13-16/h5-14,24,31-32H,3-4H2,1-2H3/b25-23-. The van der Waals surface area contributed by atoms with Gasteiger partial charge in [-0.25, -0.2) is 0 Å². The minimum absolute atomic E-state index is 0.0944. The van der Waals surface area contributed by atoms with Crippen molar-refractivity contribution in [1.29, 1.82) is 0 Å². The van der Waals surface area contributed by atoms with Crippen LogP contribution in [0.4, 0.5) is 5.69 Å². The van der Waals surface area contributed by atoms with Gasteiger partial charge in [-0.2, -0.15) is 0 Å². The van der Waals surface area contributed by atoms with Gasteiger partial charge < -0.3 is 19.7 Å². The highest BCUT2D eigenvalue weighted by atomic mass is 35.5. The number of Topliss-reactive ketones (excluding diaryl/α,β-unsaturated/α-hetero) is 1. The van der Waals surface area contributed by atoms with Crippen molar-refractivity contribution in [2.75, 3.05) is 18.1 Å². The van der Waals surface area contributed by atoms with Crippen molar-refractivity contribution in [2.24, 2.45) is 0 Å². The highest BCUT2D eigenvalue weighted by Crippen LogP contribution is 2.44.